The number of benzene rings is 2. The van der Waals surface area contributed by atoms with E-state index in [-0.39, 0.29) is 41.8 Å². The van der Waals surface area contributed by atoms with E-state index in [0.717, 1.165) is 94.3 Å². The lowest BCUT2D eigenvalue weighted by Gasteiger charge is -2.48. The summed E-state index contributed by atoms with van der Waals surface area (Å²) in [6, 6.07) is 9.71. The van der Waals surface area contributed by atoms with Crippen LogP contribution in [-0.2, 0) is 27.5 Å². The monoisotopic (exact) mass is 898 g/mol. The van der Waals surface area contributed by atoms with Crippen LogP contribution < -0.4 is 30.7 Å². The summed E-state index contributed by atoms with van der Waals surface area (Å²) in [5.41, 5.74) is 2.65. The van der Waals surface area contributed by atoms with E-state index in [1.54, 1.807) is 16.1 Å². The van der Waals surface area contributed by atoms with Gasteiger partial charge in [0.15, 0.2) is 0 Å². The van der Waals surface area contributed by atoms with E-state index >= 15 is 8.78 Å². The molecule has 17 heteroatoms. The molecule has 0 bridgehead atoms. The molecule has 0 saturated carbocycles. The van der Waals surface area contributed by atoms with Crippen LogP contribution in [0.2, 0.25) is 0 Å². The third kappa shape index (κ3) is 11.0. The lowest BCUT2D eigenvalue weighted by molar-refractivity contribution is -0.137. The van der Waals surface area contributed by atoms with Gasteiger partial charge in [-0.05, 0) is 120 Å². The number of amides is 4. The average molecular weight is 898 g/mol. The van der Waals surface area contributed by atoms with E-state index in [1.807, 2.05) is 31.3 Å². The van der Waals surface area contributed by atoms with Crippen molar-refractivity contribution in [1.29, 1.82) is 0 Å². The highest BCUT2D eigenvalue weighted by Crippen LogP contribution is 2.35. The van der Waals surface area contributed by atoms with Gasteiger partial charge in [-0.3, -0.25) is 29.4 Å². The van der Waals surface area contributed by atoms with Crippen LogP contribution in [0.5, 0.6) is 0 Å². The second kappa shape index (κ2) is 19.6. The van der Waals surface area contributed by atoms with Gasteiger partial charge >= 0.3 is 0 Å². The molecule has 5 aliphatic heterocycles. The molecule has 1 atom stereocenters. The molecule has 1 unspecified atom stereocenters. The average Bonchev–Trinajstić information content (AvgIpc) is 3.60. The fourth-order valence-corrected chi connectivity index (χ4v) is 10.0. The summed E-state index contributed by atoms with van der Waals surface area (Å²) in [7, 11) is 4.18. The van der Waals surface area contributed by atoms with Gasteiger partial charge in [0.1, 0.15) is 35.6 Å². The first-order valence-electron chi connectivity index (χ1n) is 23.4. The van der Waals surface area contributed by atoms with Crippen LogP contribution in [0.3, 0.4) is 0 Å². The molecule has 3 N–H and O–H groups in total. The maximum absolute atomic E-state index is 15.7. The quantitative estimate of drug-likeness (QED) is 0.135. The Morgan fingerprint density at radius 1 is 0.831 bits per heavy atom. The molecule has 4 fully saturated rings. The number of hydrogen-bond donors (Lipinski definition) is 3. The second-order valence-electron chi connectivity index (χ2n) is 19.7. The fourth-order valence-electron chi connectivity index (χ4n) is 10.0. The summed E-state index contributed by atoms with van der Waals surface area (Å²) < 4.78 is 31.2. The Balaban J connectivity index is 0.744. The van der Waals surface area contributed by atoms with Crippen LogP contribution in [0.1, 0.15) is 93.1 Å². The number of likely N-dealkylation sites (tertiary alicyclic amines) is 1. The molecule has 8 rings (SSSR count). The summed E-state index contributed by atoms with van der Waals surface area (Å²) in [4.78, 5) is 71.4. The number of halogens is 2. The second-order valence-corrected chi connectivity index (χ2v) is 19.7. The number of unbranched alkanes of at least 4 members (excludes halogenated alkanes) is 1. The molecular formula is C48H65F2N11O4. The highest BCUT2D eigenvalue weighted by Gasteiger charge is 2.43. The maximum Gasteiger partial charge on any atom is 0.255 e. The van der Waals surface area contributed by atoms with Crippen molar-refractivity contribution in [1.82, 2.24) is 35.3 Å². The molecule has 65 heavy (non-hydrogen) atoms. The highest BCUT2D eigenvalue weighted by atomic mass is 19.1. The normalized spacial score (nSPS) is 20.9. The molecule has 15 nitrogen and oxygen atoms in total. The van der Waals surface area contributed by atoms with Gasteiger partial charge in [-0.2, -0.15) is 0 Å². The molecule has 0 aliphatic carbocycles. The molecule has 1 aromatic heterocycles. The van der Waals surface area contributed by atoms with Crippen LogP contribution >= 0.6 is 0 Å². The number of aromatic nitrogens is 2. The molecule has 6 heterocycles. The Morgan fingerprint density at radius 2 is 1.58 bits per heavy atom. The van der Waals surface area contributed by atoms with Crippen molar-refractivity contribution in [3.8, 4) is 0 Å². The largest absolute Gasteiger partial charge is 0.385 e. The smallest absolute Gasteiger partial charge is 0.255 e. The first-order chi connectivity index (χ1) is 31.1. The highest BCUT2D eigenvalue weighted by molar-refractivity contribution is 6.05. The van der Waals surface area contributed by atoms with E-state index < -0.39 is 29.1 Å². The van der Waals surface area contributed by atoms with Gasteiger partial charge in [0.05, 0.1) is 17.8 Å². The van der Waals surface area contributed by atoms with Crippen LogP contribution in [0.25, 0.3) is 0 Å². The van der Waals surface area contributed by atoms with Gasteiger partial charge in [-0.1, -0.05) is 13.8 Å². The summed E-state index contributed by atoms with van der Waals surface area (Å²) in [6.07, 6.45) is 8.50. The van der Waals surface area contributed by atoms with Crippen molar-refractivity contribution in [3.63, 3.8) is 0 Å². The topological polar surface area (TPSA) is 150 Å². The van der Waals surface area contributed by atoms with Crippen molar-refractivity contribution in [2.24, 2.45) is 5.41 Å². The van der Waals surface area contributed by atoms with Crippen LogP contribution in [0.4, 0.5) is 31.8 Å². The van der Waals surface area contributed by atoms with Crippen molar-refractivity contribution < 1.29 is 28.0 Å². The zero-order chi connectivity index (χ0) is 45.9. The SMILES string of the molecule is CN(CCCCN(C)c1cc(N2CCC3(CC2)CN(c2cc(F)c(CN4CCC(C)(C)CC4)cc2F)CC(=O)N3)ncn1)CCCNc1ccc2c(c1)CN(C1CCC(=O)NC1=O)C2=O. The molecular weight excluding hydrogens is 833 g/mol. The predicted molar refractivity (Wildman–Crippen MR) is 247 cm³/mol. The van der Waals surface area contributed by atoms with Gasteiger partial charge in [0, 0.05) is 88.2 Å². The van der Waals surface area contributed by atoms with Crippen LogP contribution in [0, 0.1) is 17.0 Å². The van der Waals surface area contributed by atoms with Crippen molar-refractivity contribution in [2.45, 2.75) is 96.3 Å². The minimum Gasteiger partial charge on any atom is -0.385 e. The molecule has 350 valence electrons. The van der Waals surface area contributed by atoms with Gasteiger partial charge in [0.2, 0.25) is 17.7 Å². The molecule has 0 radical (unpaired) electrons. The summed E-state index contributed by atoms with van der Waals surface area (Å²) in [5, 5.41) is 9.04. The number of nitrogens with one attached hydrogen (secondary N) is 3. The first kappa shape index (κ1) is 46.1. The third-order valence-electron chi connectivity index (χ3n) is 14.2. The van der Waals surface area contributed by atoms with Crippen LogP contribution in [-0.4, -0.2) is 139 Å². The third-order valence-corrected chi connectivity index (χ3v) is 14.2. The molecule has 1 spiro atoms. The van der Waals surface area contributed by atoms with E-state index in [1.165, 1.54) is 12.1 Å². The Kier molecular flexibility index (Phi) is 13.9. The number of hydrogen-bond acceptors (Lipinski definition) is 12. The molecule has 4 amide bonds. The van der Waals surface area contributed by atoms with E-state index in [2.05, 4.69) is 66.4 Å². The zero-order valence-corrected chi connectivity index (χ0v) is 38.4. The summed E-state index contributed by atoms with van der Waals surface area (Å²) in [6.45, 7) is 12.2. The number of rotatable bonds is 16. The van der Waals surface area contributed by atoms with Gasteiger partial charge in [-0.15, -0.1) is 0 Å². The zero-order valence-electron chi connectivity index (χ0n) is 38.4. The number of carbonyl (C=O) groups excluding carboxylic acids is 4. The van der Waals surface area contributed by atoms with Crippen molar-refractivity contribution in [2.75, 3.05) is 99.6 Å². The number of anilines is 4. The van der Waals surface area contributed by atoms with E-state index in [9.17, 15) is 19.2 Å². The lowest BCUT2D eigenvalue weighted by Crippen LogP contribution is -2.66. The summed E-state index contributed by atoms with van der Waals surface area (Å²) in [5.74, 6) is -0.306. The predicted octanol–water partition coefficient (Wildman–Crippen LogP) is 4.76. The Morgan fingerprint density at radius 3 is 2.35 bits per heavy atom. The molecule has 4 saturated heterocycles. The van der Waals surface area contributed by atoms with Crippen LogP contribution in [0.15, 0.2) is 42.7 Å². The minimum atomic E-state index is -0.618. The summed E-state index contributed by atoms with van der Waals surface area (Å²) >= 11 is 0. The Labute approximate surface area is 381 Å². The van der Waals surface area contributed by atoms with Gasteiger partial charge in [-0.25, -0.2) is 18.7 Å². The van der Waals surface area contributed by atoms with E-state index in [4.69, 9.17) is 0 Å². The molecule has 2 aromatic carbocycles. The number of piperidine rings is 3. The number of carbonyl (C=O) groups is 4. The minimum absolute atomic E-state index is 0.0161. The molecule has 3 aromatic rings. The van der Waals surface area contributed by atoms with Crippen molar-refractivity contribution >= 4 is 46.6 Å². The van der Waals surface area contributed by atoms with Gasteiger partial charge in [0.25, 0.3) is 5.91 Å². The number of fused-ring (bicyclic) bond motifs is 1. The van der Waals surface area contributed by atoms with E-state index in [0.29, 0.717) is 63.1 Å². The number of imide groups is 1. The Bertz CT molecular complexity index is 2240. The Hall–Kier alpha value is -5.42. The van der Waals surface area contributed by atoms with Crippen molar-refractivity contribution in [3.05, 3.63) is 71.1 Å². The maximum atomic E-state index is 15.7. The number of piperazine rings is 1. The van der Waals surface area contributed by atoms with Gasteiger partial charge < -0.3 is 35.1 Å². The first-order valence-corrected chi connectivity index (χ1v) is 23.4. The molecule has 5 aliphatic rings. The standard InChI is InChI=1S/C48H65F2N11O4/c1-47(2)12-20-58(21-13-47)28-34-25-38(50)40(26-37(34)49)60-30-44(63)55-48(31-60)14-22-59(23-15-48)42-27-41(52-32-53-42)57(4)19-6-5-17-56(3)18-7-16-51-35-8-9-36-33(24-35)29-61(46(36)65)39-10-11-43(62)54-45(39)64/h8-9,24-27,32,39,51H,5-7,10-23,28-31H2,1-4H3,(H,55,63)(H,54,62,64). The fraction of sp³-hybridized carbons (Fsp3) is 0.583. The number of nitrogens with zero attached hydrogens (tertiary/aromatic N) is 8. The lowest BCUT2D eigenvalue weighted by atomic mass is 9.82.